The van der Waals surface area contributed by atoms with Crippen molar-refractivity contribution < 1.29 is 9.59 Å². The molecule has 178 valence electrons. The van der Waals surface area contributed by atoms with Crippen LogP contribution in [0.3, 0.4) is 0 Å². The average molecular weight is 459 g/mol. The number of benzene rings is 2. The molecule has 0 fully saturated rings. The minimum atomic E-state index is -0.327. The first-order valence-corrected chi connectivity index (χ1v) is 12.5. The summed E-state index contributed by atoms with van der Waals surface area (Å²) >= 11 is 0. The molecule has 0 aromatic heterocycles. The van der Waals surface area contributed by atoms with Crippen LogP contribution in [0.25, 0.3) is 22.3 Å². The van der Waals surface area contributed by atoms with Crippen LogP contribution in [0.5, 0.6) is 0 Å². The molecule has 3 aromatic carbocycles. The van der Waals surface area contributed by atoms with E-state index >= 15 is 0 Å². The van der Waals surface area contributed by atoms with Crippen LogP contribution in [0.2, 0.25) is 0 Å². The lowest BCUT2D eigenvalue weighted by Crippen LogP contribution is -2.34. The average Bonchev–Trinajstić information content (AvgIpc) is 3.49. The van der Waals surface area contributed by atoms with Crippen molar-refractivity contribution in [1.82, 2.24) is 5.32 Å². The molecule has 1 aliphatic carbocycles. The van der Waals surface area contributed by atoms with Gasteiger partial charge in [0.2, 0.25) is 11.8 Å². The Bertz CT molecular complexity index is 1200. The SMILES string of the molecule is CCC(CC(CC)C(=O)NCCCc1ccc2c(c1)CCc1ccccc1-c1c-2c1=O)C(N)=O. The molecule has 2 unspecified atom stereocenters. The van der Waals surface area contributed by atoms with Gasteiger partial charge in [-0.25, -0.2) is 0 Å². The lowest BCUT2D eigenvalue weighted by Gasteiger charge is -2.19. The van der Waals surface area contributed by atoms with Gasteiger partial charge in [-0.1, -0.05) is 56.3 Å². The summed E-state index contributed by atoms with van der Waals surface area (Å²) in [5.41, 5.74) is 13.3. The highest BCUT2D eigenvalue weighted by atomic mass is 16.2. The number of fused-ring (bicyclic) bond motifs is 5. The maximum absolute atomic E-state index is 12.6. The van der Waals surface area contributed by atoms with Crippen molar-refractivity contribution in [3.8, 4) is 22.3 Å². The zero-order chi connectivity index (χ0) is 24.2. The normalized spacial score (nSPS) is 14.3. The van der Waals surface area contributed by atoms with Gasteiger partial charge in [-0.05, 0) is 72.8 Å². The van der Waals surface area contributed by atoms with E-state index in [0.29, 0.717) is 25.8 Å². The van der Waals surface area contributed by atoms with Crippen LogP contribution in [0.4, 0.5) is 0 Å². The zero-order valence-electron chi connectivity index (χ0n) is 20.2. The molecule has 0 saturated carbocycles. The lowest BCUT2D eigenvalue weighted by molar-refractivity contribution is -0.127. The first-order chi connectivity index (χ1) is 16.4. The largest absolute Gasteiger partial charge is 0.369 e. The van der Waals surface area contributed by atoms with Crippen LogP contribution in [-0.2, 0) is 28.9 Å². The summed E-state index contributed by atoms with van der Waals surface area (Å²) in [6.07, 6.45) is 5.40. The predicted octanol–water partition coefficient (Wildman–Crippen LogP) is 4.33. The van der Waals surface area contributed by atoms with Crippen molar-refractivity contribution in [3.05, 3.63) is 69.4 Å². The molecule has 0 heterocycles. The zero-order valence-corrected chi connectivity index (χ0v) is 20.2. The number of nitrogens with two attached hydrogens (primary N) is 1. The van der Waals surface area contributed by atoms with Crippen LogP contribution in [-0.4, -0.2) is 18.4 Å². The molecule has 0 radical (unpaired) electrons. The third-order valence-corrected chi connectivity index (χ3v) is 7.30. The summed E-state index contributed by atoms with van der Waals surface area (Å²) < 4.78 is 0. The monoisotopic (exact) mass is 458 g/mol. The Balaban J connectivity index is 1.35. The third kappa shape index (κ3) is 4.98. The minimum Gasteiger partial charge on any atom is -0.369 e. The Morgan fingerprint density at radius 1 is 0.941 bits per heavy atom. The van der Waals surface area contributed by atoms with Crippen LogP contribution in [0.1, 0.15) is 56.2 Å². The van der Waals surface area contributed by atoms with E-state index in [0.717, 1.165) is 47.9 Å². The fraction of sp³-hybridized carbons (Fsp3) is 0.414. The summed E-state index contributed by atoms with van der Waals surface area (Å²) in [7, 11) is 0. The molecule has 4 rings (SSSR count). The fourth-order valence-corrected chi connectivity index (χ4v) is 5.12. The number of carbonyl (C=O) groups is 2. The van der Waals surface area contributed by atoms with Gasteiger partial charge < -0.3 is 11.1 Å². The van der Waals surface area contributed by atoms with Crippen LogP contribution in [0, 0.1) is 11.8 Å². The smallest absolute Gasteiger partial charge is 0.223 e. The van der Waals surface area contributed by atoms with Crippen molar-refractivity contribution in [1.29, 1.82) is 0 Å². The van der Waals surface area contributed by atoms with Gasteiger partial charge in [-0.2, -0.15) is 0 Å². The highest BCUT2D eigenvalue weighted by molar-refractivity contribution is 5.96. The van der Waals surface area contributed by atoms with Gasteiger partial charge in [-0.15, -0.1) is 0 Å². The molecule has 2 amide bonds. The Labute approximate surface area is 201 Å². The first-order valence-electron chi connectivity index (χ1n) is 12.5. The summed E-state index contributed by atoms with van der Waals surface area (Å²) in [6, 6.07) is 14.7. The van der Waals surface area contributed by atoms with Crippen molar-refractivity contribution in [2.75, 3.05) is 6.54 Å². The van der Waals surface area contributed by atoms with E-state index in [2.05, 4.69) is 35.6 Å². The summed E-state index contributed by atoms with van der Waals surface area (Å²) in [5, 5.41) is 3.04. The molecule has 0 spiro atoms. The molecule has 5 nitrogen and oxygen atoms in total. The molecule has 0 aliphatic heterocycles. The van der Waals surface area contributed by atoms with Gasteiger partial charge in [0, 0.05) is 29.5 Å². The molecule has 2 atom stereocenters. The van der Waals surface area contributed by atoms with Gasteiger partial charge in [0.1, 0.15) is 0 Å². The molecule has 3 aromatic rings. The fourth-order valence-electron chi connectivity index (χ4n) is 5.12. The van der Waals surface area contributed by atoms with Crippen molar-refractivity contribution >= 4 is 11.8 Å². The van der Waals surface area contributed by atoms with Gasteiger partial charge in [0.25, 0.3) is 0 Å². The van der Waals surface area contributed by atoms with E-state index in [-0.39, 0.29) is 29.1 Å². The van der Waals surface area contributed by atoms with E-state index in [4.69, 9.17) is 5.73 Å². The maximum atomic E-state index is 12.6. The minimum absolute atomic E-state index is 0.00533. The van der Waals surface area contributed by atoms with Gasteiger partial charge in [0.15, 0.2) is 5.43 Å². The van der Waals surface area contributed by atoms with E-state index in [1.54, 1.807) is 0 Å². The molecule has 3 N–H and O–H groups in total. The second-order valence-corrected chi connectivity index (χ2v) is 9.47. The summed E-state index contributed by atoms with van der Waals surface area (Å²) in [4.78, 5) is 36.7. The van der Waals surface area contributed by atoms with E-state index in [1.165, 1.54) is 16.7 Å². The Morgan fingerprint density at radius 3 is 2.32 bits per heavy atom. The molecular formula is C29H34N2O3. The van der Waals surface area contributed by atoms with Gasteiger partial charge in [0.05, 0.1) is 0 Å². The third-order valence-electron chi connectivity index (χ3n) is 7.30. The van der Waals surface area contributed by atoms with E-state index in [9.17, 15) is 14.4 Å². The summed E-state index contributed by atoms with van der Waals surface area (Å²) in [6.45, 7) is 4.50. The number of amides is 2. The first kappa shape index (κ1) is 23.9. The number of nitrogens with one attached hydrogen (secondary N) is 1. The Morgan fingerprint density at radius 2 is 1.62 bits per heavy atom. The Kier molecular flexibility index (Phi) is 7.30. The number of rotatable bonds is 10. The quantitative estimate of drug-likeness (QED) is 0.443. The lowest BCUT2D eigenvalue weighted by atomic mass is 9.89. The molecular weight excluding hydrogens is 424 g/mol. The number of hydrogen-bond donors (Lipinski definition) is 2. The van der Waals surface area contributed by atoms with E-state index < -0.39 is 0 Å². The van der Waals surface area contributed by atoms with Crippen LogP contribution >= 0.6 is 0 Å². The topological polar surface area (TPSA) is 89.3 Å². The molecule has 34 heavy (non-hydrogen) atoms. The number of primary amides is 1. The van der Waals surface area contributed by atoms with Crippen molar-refractivity contribution in [2.24, 2.45) is 17.6 Å². The number of hydrogen-bond acceptors (Lipinski definition) is 3. The van der Waals surface area contributed by atoms with Gasteiger partial charge >= 0.3 is 0 Å². The summed E-state index contributed by atoms with van der Waals surface area (Å²) in [5.74, 6) is -0.756. The molecule has 0 saturated heterocycles. The second-order valence-electron chi connectivity index (χ2n) is 9.47. The van der Waals surface area contributed by atoms with Crippen LogP contribution < -0.4 is 16.5 Å². The Hall–Kier alpha value is -3.21. The van der Waals surface area contributed by atoms with E-state index in [1.807, 2.05) is 26.0 Å². The van der Waals surface area contributed by atoms with Crippen molar-refractivity contribution in [2.45, 2.75) is 58.8 Å². The van der Waals surface area contributed by atoms with Crippen LogP contribution in [0.15, 0.2) is 47.3 Å². The number of carbonyl (C=O) groups excluding carboxylic acids is 2. The standard InChI is InChI=1S/C29H34N2O3/c1-3-19(28(30)33)17-20(4-2)29(34)31-15-7-8-18-11-14-24-22(16-18)13-12-21-9-5-6-10-23(21)25-26(24)27(25)32/h5-6,9-11,14,16,19-20H,3-4,7-8,12-13,15,17H2,1-2H3,(H2,30,33)(H,31,34). The van der Waals surface area contributed by atoms with Crippen molar-refractivity contribution in [3.63, 3.8) is 0 Å². The molecule has 5 heteroatoms. The molecule has 1 aliphatic rings. The highest BCUT2D eigenvalue weighted by Crippen LogP contribution is 2.40. The maximum Gasteiger partial charge on any atom is 0.223 e. The molecule has 0 bridgehead atoms. The van der Waals surface area contributed by atoms with Gasteiger partial charge in [-0.3, -0.25) is 14.4 Å². The predicted molar refractivity (Wildman–Crippen MR) is 136 cm³/mol. The number of aryl methyl sites for hydroxylation is 3. The highest BCUT2D eigenvalue weighted by Gasteiger charge is 2.30. The second kappa shape index (κ2) is 10.4.